The van der Waals surface area contributed by atoms with Crippen molar-refractivity contribution in [2.24, 2.45) is 11.7 Å². The molecule has 0 bridgehead atoms. The van der Waals surface area contributed by atoms with E-state index in [2.05, 4.69) is 37.5 Å². The lowest BCUT2D eigenvalue weighted by atomic mass is 9.92. The summed E-state index contributed by atoms with van der Waals surface area (Å²) in [5.41, 5.74) is 6.02. The third kappa shape index (κ3) is 3.17. The van der Waals surface area contributed by atoms with Crippen LogP contribution in [0, 0.1) is 5.92 Å². The average Bonchev–Trinajstić information content (AvgIpc) is 2.76. The van der Waals surface area contributed by atoms with E-state index in [0.717, 1.165) is 25.9 Å². The number of rotatable bonds is 3. The van der Waals surface area contributed by atoms with Gasteiger partial charge in [-0.15, -0.1) is 0 Å². The van der Waals surface area contributed by atoms with Crippen LogP contribution in [0.2, 0.25) is 0 Å². The Labute approximate surface area is 123 Å². The van der Waals surface area contributed by atoms with Crippen LogP contribution < -0.4 is 5.73 Å². The molecule has 5 unspecified atom stereocenters. The lowest BCUT2D eigenvalue weighted by molar-refractivity contribution is -0.139. The van der Waals surface area contributed by atoms with Crippen molar-refractivity contribution in [3.05, 3.63) is 0 Å². The van der Waals surface area contributed by atoms with Crippen molar-refractivity contribution in [1.29, 1.82) is 0 Å². The van der Waals surface area contributed by atoms with Gasteiger partial charge < -0.3 is 10.6 Å². The Hall–Kier alpha value is -0.610. The summed E-state index contributed by atoms with van der Waals surface area (Å²) in [6, 6.07) is 1.25. The zero-order chi connectivity index (χ0) is 14.9. The maximum Gasteiger partial charge on any atom is 0.239 e. The SMILES string of the molecule is CC(N)C1CCCN(C(=O)C(C)N2C(C)CCC2C)C1. The molecule has 20 heavy (non-hydrogen) atoms. The maximum atomic E-state index is 12.8. The molecule has 116 valence electrons. The van der Waals surface area contributed by atoms with Crippen LogP contribution >= 0.6 is 0 Å². The molecule has 0 aromatic heterocycles. The van der Waals surface area contributed by atoms with Crippen LogP contribution in [-0.4, -0.2) is 53.0 Å². The Morgan fingerprint density at radius 2 is 1.75 bits per heavy atom. The predicted octanol–water partition coefficient (Wildman–Crippen LogP) is 1.83. The normalized spacial score (nSPS) is 35.0. The highest BCUT2D eigenvalue weighted by Crippen LogP contribution is 2.27. The minimum absolute atomic E-state index is 0.00864. The second kappa shape index (κ2) is 6.44. The zero-order valence-corrected chi connectivity index (χ0v) is 13.5. The van der Waals surface area contributed by atoms with Crippen molar-refractivity contribution in [1.82, 2.24) is 9.80 Å². The van der Waals surface area contributed by atoms with Crippen molar-refractivity contribution in [3.63, 3.8) is 0 Å². The fraction of sp³-hybridized carbons (Fsp3) is 0.938. The van der Waals surface area contributed by atoms with E-state index in [9.17, 15) is 4.79 Å². The van der Waals surface area contributed by atoms with Gasteiger partial charge in [0.1, 0.15) is 0 Å². The second-order valence-electron chi connectivity index (χ2n) is 6.94. The van der Waals surface area contributed by atoms with E-state index >= 15 is 0 Å². The first-order valence-corrected chi connectivity index (χ1v) is 8.23. The molecule has 2 saturated heterocycles. The van der Waals surface area contributed by atoms with Crippen LogP contribution in [0.4, 0.5) is 0 Å². The van der Waals surface area contributed by atoms with Crippen molar-refractivity contribution in [2.75, 3.05) is 13.1 Å². The van der Waals surface area contributed by atoms with Gasteiger partial charge in [0.25, 0.3) is 0 Å². The van der Waals surface area contributed by atoms with E-state index in [1.165, 1.54) is 12.8 Å². The van der Waals surface area contributed by atoms with Gasteiger partial charge in [-0.1, -0.05) is 0 Å². The molecule has 0 aliphatic carbocycles. The highest BCUT2D eigenvalue weighted by atomic mass is 16.2. The standard InChI is InChI=1S/C16H31N3O/c1-11-7-8-12(2)19(11)14(4)16(20)18-9-5-6-15(10-18)13(3)17/h11-15H,5-10,17H2,1-4H3. The molecule has 0 aromatic carbocycles. The number of carbonyl (C=O) groups excluding carboxylic acids is 1. The summed E-state index contributed by atoms with van der Waals surface area (Å²) in [6.45, 7) is 10.4. The molecule has 0 spiro atoms. The molecule has 0 saturated carbocycles. The molecular formula is C16H31N3O. The summed E-state index contributed by atoms with van der Waals surface area (Å²) in [4.78, 5) is 17.2. The van der Waals surface area contributed by atoms with Crippen LogP contribution in [-0.2, 0) is 4.79 Å². The smallest absolute Gasteiger partial charge is 0.239 e. The van der Waals surface area contributed by atoms with Crippen LogP contribution in [0.15, 0.2) is 0 Å². The Morgan fingerprint density at radius 3 is 2.30 bits per heavy atom. The van der Waals surface area contributed by atoms with Gasteiger partial charge in [-0.2, -0.15) is 0 Å². The van der Waals surface area contributed by atoms with Gasteiger partial charge in [0, 0.05) is 31.2 Å². The molecule has 2 aliphatic rings. The zero-order valence-electron chi connectivity index (χ0n) is 13.5. The molecule has 4 nitrogen and oxygen atoms in total. The fourth-order valence-corrected chi connectivity index (χ4v) is 4.01. The molecule has 2 fully saturated rings. The molecule has 5 atom stereocenters. The summed E-state index contributed by atoms with van der Waals surface area (Å²) < 4.78 is 0. The van der Waals surface area contributed by atoms with Gasteiger partial charge >= 0.3 is 0 Å². The van der Waals surface area contributed by atoms with E-state index < -0.39 is 0 Å². The number of hydrogen-bond donors (Lipinski definition) is 1. The number of nitrogens with two attached hydrogens (primary N) is 1. The van der Waals surface area contributed by atoms with Crippen LogP contribution in [0.1, 0.15) is 53.4 Å². The Balaban J connectivity index is 1.99. The van der Waals surface area contributed by atoms with Crippen LogP contribution in [0.3, 0.4) is 0 Å². The van der Waals surface area contributed by atoms with E-state index in [0.29, 0.717) is 23.9 Å². The molecule has 2 heterocycles. The van der Waals surface area contributed by atoms with Crippen LogP contribution in [0.5, 0.6) is 0 Å². The summed E-state index contributed by atoms with van der Waals surface area (Å²) >= 11 is 0. The van der Waals surface area contributed by atoms with E-state index in [-0.39, 0.29) is 12.1 Å². The Bertz CT molecular complexity index is 335. The number of piperidine rings is 1. The summed E-state index contributed by atoms with van der Waals surface area (Å²) in [5.74, 6) is 0.768. The molecule has 2 aliphatic heterocycles. The average molecular weight is 281 g/mol. The van der Waals surface area contributed by atoms with Crippen molar-refractivity contribution < 1.29 is 4.79 Å². The minimum Gasteiger partial charge on any atom is -0.341 e. The quantitative estimate of drug-likeness (QED) is 0.858. The monoisotopic (exact) mass is 281 g/mol. The van der Waals surface area contributed by atoms with Gasteiger partial charge in [-0.05, 0) is 59.3 Å². The second-order valence-corrected chi connectivity index (χ2v) is 6.94. The highest BCUT2D eigenvalue weighted by molar-refractivity contribution is 5.81. The number of hydrogen-bond acceptors (Lipinski definition) is 3. The Morgan fingerprint density at radius 1 is 1.15 bits per heavy atom. The molecule has 0 radical (unpaired) electrons. The number of nitrogens with zero attached hydrogens (tertiary/aromatic N) is 2. The minimum atomic E-state index is 0.00864. The molecule has 4 heteroatoms. The largest absolute Gasteiger partial charge is 0.341 e. The molecule has 2 N–H and O–H groups in total. The van der Waals surface area contributed by atoms with Crippen molar-refractivity contribution >= 4 is 5.91 Å². The molecule has 2 rings (SSSR count). The van der Waals surface area contributed by atoms with Crippen molar-refractivity contribution in [2.45, 2.75) is 77.5 Å². The van der Waals surface area contributed by atoms with Gasteiger partial charge in [0.2, 0.25) is 5.91 Å². The first-order valence-electron chi connectivity index (χ1n) is 8.23. The van der Waals surface area contributed by atoms with Crippen LogP contribution in [0.25, 0.3) is 0 Å². The highest BCUT2D eigenvalue weighted by Gasteiger charge is 2.37. The molecular weight excluding hydrogens is 250 g/mol. The summed E-state index contributed by atoms with van der Waals surface area (Å²) in [7, 11) is 0. The predicted molar refractivity (Wildman–Crippen MR) is 82.4 cm³/mol. The number of likely N-dealkylation sites (tertiary alicyclic amines) is 2. The van der Waals surface area contributed by atoms with E-state index in [1.54, 1.807) is 0 Å². The van der Waals surface area contributed by atoms with Gasteiger partial charge in [0.15, 0.2) is 0 Å². The maximum absolute atomic E-state index is 12.8. The van der Waals surface area contributed by atoms with Gasteiger partial charge in [-0.25, -0.2) is 0 Å². The molecule has 1 amide bonds. The van der Waals surface area contributed by atoms with Gasteiger partial charge in [-0.3, -0.25) is 9.69 Å². The lowest BCUT2D eigenvalue weighted by Gasteiger charge is -2.39. The third-order valence-electron chi connectivity index (χ3n) is 5.34. The first-order chi connectivity index (χ1) is 9.41. The third-order valence-corrected chi connectivity index (χ3v) is 5.34. The first kappa shape index (κ1) is 15.8. The topological polar surface area (TPSA) is 49.6 Å². The van der Waals surface area contributed by atoms with Gasteiger partial charge in [0.05, 0.1) is 6.04 Å². The summed E-state index contributed by atoms with van der Waals surface area (Å²) in [5, 5.41) is 0. The Kier molecular flexibility index (Phi) is 5.08. The van der Waals surface area contributed by atoms with E-state index in [4.69, 9.17) is 5.73 Å². The molecule has 0 aromatic rings. The van der Waals surface area contributed by atoms with Crippen molar-refractivity contribution in [3.8, 4) is 0 Å². The lowest BCUT2D eigenvalue weighted by Crippen LogP contribution is -2.53. The summed E-state index contributed by atoms with van der Waals surface area (Å²) in [6.07, 6.45) is 4.67. The number of carbonyl (C=O) groups is 1. The van der Waals surface area contributed by atoms with E-state index in [1.807, 2.05) is 0 Å². The number of amides is 1. The fourth-order valence-electron chi connectivity index (χ4n) is 4.01.